The highest BCUT2D eigenvalue weighted by Gasteiger charge is 2.45. The molecule has 1 aliphatic heterocycles. The number of sulfonamides is 1. The van der Waals surface area contributed by atoms with E-state index in [9.17, 15) is 8.42 Å². The Morgan fingerprint density at radius 1 is 1.10 bits per heavy atom. The molecule has 1 spiro atoms. The van der Waals surface area contributed by atoms with Gasteiger partial charge in [-0.15, -0.1) is 0 Å². The fourth-order valence-corrected chi connectivity index (χ4v) is 6.62. The molecule has 3 heterocycles. The SMILES string of the molecule is Cc1noc2ncc(S(=O)(=O)N3CCN(Cc4ccccc4)C4(CCCCC4)C3)cc12. The second-order valence-electron chi connectivity index (χ2n) is 8.82. The van der Waals surface area contributed by atoms with E-state index >= 15 is 0 Å². The molecule has 1 saturated heterocycles. The first kappa shape index (κ1) is 20.6. The first-order valence-corrected chi connectivity index (χ1v) is 12.4. The van der Waals surface area contributed by atoms with Crippen LogP contribution in [0.2, 0.25) is 0 Å². The number of nitrogens with zero attached hydrogens (tertiary/aromatic N) is 4. The molecule has 3 aromatic rings. The summed E-state index contributed by atoms with van der Waals surface area (Å²) < 4.78 is 34.0. The van der Waals surface area contributed by atoms with Gasteiger partial charge in [0.05, 0.1) is 17.3 Å². The Labute approximate surface area is 183 Å². The third kappa shape index (κ3) is 3.77. The second kappa shape index (κ2) is 8.00. The van der Waals surface area contributed by atoms with Gasteiger partial charge >= 0.3 is 0 Å². The average Bonchev–Trinajstić information content (AvgIpc) is 3.17. The van der Waals surface area contributed by atoms with Gasteiger partial charge < -0.3 is 4.52 Å². The van der Waals surface area contributed by atoms with Crippen LogP contribution in [-0.2, 0) is 16.6 Å². The van der Waals surface area contributed by atoms with E-state index in [0.29, 0.717) is 29.9 Å². The minimum atomic E-state index is -3.65. The summed E-state index contributed by atoms with van der Waals surface area (Å²) >= 11 is 0. The number of aromatic nitrogens is 2. The van der Waals surface area contributed by atoms with Crippen molar-refractivity contribution >= 4 is 21.1 Å². The molecule has 2 aliphatic rings. The summed E-state index contributed by atoms with van der Waals surface area (Å²) in [4.78, 5) is 6.94. The lowest BCUT2D eigenvalue weighted by molar-refractivity contribution is -0.00681. The van der Waals surface area contributed by atoms with Crippen LogP contribution in [0.1, 0.15) is 43.4 Å². The molecule has 1 aliphatic carbocycles. The Morgan fingerprint density at radius 3 is 2.65 bits per heavy atom. The second-order valence-corrected chi connectivity index (χ2v) is 10.8. The largest absolute Gasteiger partial charge is 0.336 e. The van der Waals surface area contributed by atoms with Gasteiger partial charge in [0.2, 0.25) is 10.0 Å². The molecule has 8 heteroatoms. The summed E-state index contributed by atoms with van der Waals surface area (Å²) in [5, 5.41) is 4.55. The maximum absolute atomic E-state index is 13.6. The summed E-state index contributed by atoms with van der Waals surface area (Å²) in [5.41, 5.74) is 2.19. The molecule has 5 rings (SSSR count). The van der Waals surface area contributed by atoms with Crippen molar-refractivity contribution in [2.45, 2.75) is 56.0 Å². The van der Waals surface area contributed by atoms with Crippen molar-refractivity contribution < 1.29 is 12.9 Å². The lowest BCUT2D eigenvalue weighted by atomic mass is 9.79. The summed E-state index contributed by atoms with van der Waals surface area (Å²) in [6.07, 6.45) is 6.98. The fraction of sp³-hybridized carbons (Fsp3) is 0.478. The van der Waals surface area contributed by atoms with Crippen LogP contribution in [0.4, 0.5) is 0 Å². The Hall–Kier alpha value is -2.29. The summed E-state index contributed by atoms with van der Waals surface area (Å²) in [7, 11) is -3.65. The van der Waals surface area contributed by atoms with Gasteiger partial charge in [0, 0.05) is 31.7 Å². The molecule has 0 N–H and O–H groups in total. The van der Waals surface area contributed by atoms with Crippen LogP contribution < -0.4 is 0 Å². The molecule has 2 aromatic heterocycles. The molecule has 1 saturated carbocycles. The van der Waals surface area contributed by atoms with Crippen molar-refractivity contribution in [3.05, 3.63) is 53.9 Å². The smallest absolute Gasteiger partial charge is 0.257 e. The van der Waals surface area contributed by atoms with Gasteiger partial charge in [0.1, 0.15) is 4.90 Å². The van der Waals surface area contributed by atoms with E-state index in [1.165, 1.54) is 18.2 Å². The van der Waals surface area contributed by atoms with Crippen molar-refractivity contribution in [1.82, 2.24) is 19.3 Å². The van der Waals surface area contributed by atoms with Gasteiger partial charge in [-0.1, -0.05) is 54.8 Å². The quantitative estimate of drug-likeness (QED) is 0.615. The molecule has 7 nitrogen and oxygen atoms in total. The van der Waals surface area contributed by atoms with Crippen LogP contribution in [0, 0.1) is 6.92 Å². The molecule has 31 heavy (non-hydrogen) atoms. The van der Waals surface area contributed by atoms with Crippen LogP contribution in [0.25, 0.3) is 11.1 Å². The normalized spacial score (nSPS) is 20.4. The lowest BCUT2D eigenvalue weighted by Gasteiger charge is -2.52. The van der Waals surface area contributed by atoms with Gasteiger partial charge in [-0.25, -0.2) is 13.4 Å². The molecule has 1 aromatic carbocycles. The molecule has 164 valence electrons. The molecule has 0 bridgehead atoms. The first-order valence-electron chi connectivity index (χ1n) is 11.0. The van der Waals surface area contributed by atoms with Crippen molar-refractivity contribution in [2.24, 2.45) is 0 Å². The highest BCUT2D eigenvalue weighted by atomic mass is 32.2. The van der Waals surface area contributed by atoms with Crippen molar-refractivity contribution in [2.75, 3.05) is 19.6 Å². The van der Waals surface area contributed by atoms with Gasteiger partial charge in [-0.2, -0.15) is 4.31 Å². The van der Waals surface area contributed by atoms with Gasteiger partial charge in [-0.3, -0.25) is 4.90 Å². The first-order chi connectivity index (χ1) is 15.0. The molecule has 0 unspecified atom stereocenters. The number of hydrogen-bond acceptors (Lipinski definition) is 6. The molecule has 0 amide bonds. The zero-order valence-corrected chi connectivity index (χ0v) is 18.6. The fourth-order valence-electron chi connectivity index (χ4n) is 5.13. The van der Waals surface area contributed by atoms with Crippen LogP contribution >= 0.6 is 0 Å². The van der Waals surface area contributed by atoms with Crippen LogP contribution in [0.15, 0.2) is 52.0 Å². The number of piperazine rings is 1. The Morgan fingerprint density at radius 2 is 1.87 bits per heavy atom. The predicted octanol–water partition coefficient (Wildman–Crippen LogP) is 3.74. The minimum absolute atomic E-state index is 0.107. The van der Waals surface area contributed by atoms with E-state index in [0.717, 1.165) is 38.8 Å². The number of fused-ring (bicyclic) bond motifs is 1. The third-order valence-electron chi connectivity index (χ3n) is 6.88. The van der Waals surface area contributed by atoms with Gasteiger partial charge in [0.15, 0.2) is 0 Å². The Balaban J connectivity index is 1.44. The van der Waals surface area contributed by atoms with Gasteiger partial charge in [0.25, 0.3) is 5.71 Å². The third-order valence-corrected chi connectivity index (χ3v) is 8.69. The predicted molar refractivity (Wildman–Crippen MR) is 118 cm³/mol. The number of rotatable bonds is 4. The highest BCUT2D eigenvalue weighted by Crippen LogP contribution is 2.39. The van der Waals surface area contributed by atoms with E-state index in [1.807, 2.05) is 6.07 Å². The number of benzene rings is 1. The standard InChI is InChI=1S/C23H28N4O3S/c1-18-21-14-20(15-24-22(21)30-25-18)31(28,29)27-13-12-26(16-19-8-4-2-5-9-19)23(17-27)10-6-3-7-11-23/h2,4-5,8-9,14-15H,3,6-7,10-13,16-17H2,1H3. The number of hydrogen-bond donors (Lipinski definition) is 0. The average molecular weight is 441 g/mol. The Kier molecular flexibility index (Phi) is 5.32. The maximum Gasteiger partial charge on any atom is 0.257 e. The number of aryl methyl sites for hydroxylation is 1. The maximum atomic E-state index is 13.6. The Bertz CT molecular complexity index is 1170. The summed E-state index contributed by atoms with van der Waals surface area (Å²) in [6, 6.07) is 12.1. The van der Waals surface area contributed by atoms with Crippen LogP contribution in [0.3, 0.4) is 0 Å². The van der Waals surface area contributed by atoms with E-state index in [2.05, 4.69) is 39.3 Å². The lowest BCUT2D eigenvalue weighted by Crippen LogP contribution is -2.63. The van der Waals surface area contributed by atoms with E-state index in [1.54, 1.807) is 17.3 Å². The van der Waals surface area contributed by atoms with Crippen LogP contribution in [0.5, 0.6) is 0 Å². The molecular weight excluding hydrogens is 412 g/mol. The molecule has 0 atom stereocenters. The zero-order chi connectivity index (χ0) is 21.5. The van der Waals surface area contributed by atoms with Crippen LogP contribution in [-0.4, -0.2) is 52.9 Å². The minimum Gasteiger partial charge on any atom is -0.336 e. The monoisotopic (exact) mass is 440 g/mol. The van der Waals surface area contributed by atoms with Crippen molar-refractivity contribution in [3.63, 3.8) is 0 Å². The summed E-state index contributed by atoms with van der Waals surface area (Å²) in [6.45, 7) is 4.40. The zero-order valence-electron chi connectivity index (χ0n) is 17.8. The summed E-state index contributed by atoms with van der Waals surface area (Å²) in [5.74, 6) is 0. The topological polar surface area (TPSA) is 79.5 Å². The van der Waals surface area contributed by atoms with E-state index < -0.39 is 10.0 Å². The van der Waals surface area contributed by atoms with Gasteiger partial charge in [-0.05, 0) is 31.4 Å². The van der Waals surface area contributed by atoms with E-state index in [4.69, 9.17) is 4.52 Å². The molecule has 2 fully saturated rings. The molecule has 0 radical (unpaired) electrons. The highest BCUT2D eigenvalue weighted by molar-refractivity contribution is 7.89. The number of pyridine rings is 1. The van der Waals surface area contributed by atoms with Crippen molar-refractivity contribution in [1.29, 1.82) is 0 Å². The van der Waals surface area contributed by atoms with E-state index in [-0.39, 0.29) is 10.4 Å². The molecular formula is C23H28N4O3S. The van der Waals surface area contributed by atoms with Crippen molar-refractivity contribution in [3.8, 4) is 0 Å².